The van der Waals surface area contributed by atoms with Crippen LogP contribution in [0.2, 0.25) is 0 Å². The molecule has 2 aromatic rings. The molecule has 1 saturated heterocycles. The fourth-order valence-corrected chi connectivity index (χ4v) is 3.08. The molecule has 3 heterocycles. The van der Waals surface area contributed by atoms with Crippen LogP contribution in [0.25, 0.3) is 0 Å². The molecular formula is C20H31N7O. The van der Waals surface area contributed by atoms with E-state index in [1.54, 1.807) is 7.05 Å². The van der Waals surface area contributed by atoms with Gasteiger partial charge in [-0.25, -0.2) is 4.98 Å². The Morgan fingerprint density at radius 2 is 2.04 bits per heavy atom. The number of guanidine groups is 1. The molecule has 152 valence electrons. The first-order valence-electron chi connectivity index (χ1n) is 9.83. The molecule has 8 nitrogen and oxygen atoms in total. The number of aryl methyl sites for hydroxylation is 1. The number of nitrogens with one attached hydrogen (secondary N) is 2. The van der Waals surface area contributed by atoms with Crippen molar-refractivity contribution in [2.24, 2.45) is 4.99 Å². The quantitative estimate of drug-likeness (QED) is 0.617. The molecule has 8 heteroatoms. The fraction of sp³-hybridized carbons (Fsp3) is 0.600. The lowest BCUT2D eigenvalue weighted by Gasteiger charge is -2.33. The molecule has 0 radical (unpaired) electrons. The Hall–Kier alpha value is -2.64. The summed E-state index contributed by atoms with van der Waals surface area (Å²) in [6.45, 7) is 10.6. The van der Waals surface area contributed by atoms with Crippen molar-refractivity contribution in [2.75, 3.05) is 25.0 Å². The molecule has 2 aromatic heterocycles. The van der Waals surface area contributed by atoms with E-state index in [0.29, 0.717) is 24.3 Å². The van der Waals surface area contributed by atoms with Crippen LogP contribution >= 0.6 is 0 Å². The number of aliphatic imine (C=N–C) groups is 1. The van der Waals surface area contributed by atoms with Crippen molar-refractivity contribution in [3.63, 3.8) is 0 Å². The highest BCUT2D eigenvalue weighted by molar-refractivity contribution is 5.79. The first-order valence-corrected chi connectivity index (χ1v) is 9.83. The van der Waals surface area contributed by atoms with Gasteiger partial charge in [-0.1, -0.05) is 32.0 Å². The topological polar surface area (TPSA) is 91.5 Å². The maximum Gasteiger partial charge on any atom is 0.232 e. The Morgan fingerprint density at radius 3 is 2.61 bits per heavy atom. The molecule has 1 aliphatic heterocycles. The summed E-state index contributed by atoms with van der Waals surface area (Å²) in [5.74, 6) is 3.09. The van der Waals surface area contributed by atoms with Crippen molar-refractivity contribution >= 4 is 11.8 Å². The number of aromatic nitrogens is 3. The largest absolute Gasteiger partial charge is 0.356 e. The zero-order valence-corrected chi connectivity index (χ0v) is 17.5. The number of rotatable bonds is 4. The van der Waals surface area contributed by atoms with Crippen molar-refractivity contribution in [3.8, 4) is 0 Å². The molecular weight excluding hydrogens is 354 g/mol. The first kappa shape index (κ1) is 20.1. The molecule has 0 spiro atoms. The third-order valence-corrected chi connectivity index (χ3v) is 4.80. The molecule has 2 N–H and O–H groups in total. The average Bonchev–Trinajstić information content (AvgIpc) is 3.16. The van der Waals surface area contributed by atoms with Crippen LogP contribution in [0.1, 0.15) is 50.9 Å². The first-order chi connectivity index (χ1) is 13.3. The van der Waals surface area contributed by atoms with Gasteiger partial charge in [-0.3, -0.25) is 4.99 Å². The zero-order chi connectivity index (χ0) is 20.1. The Balaban J connectivity index is 1.46. The minimum Gasteiger partial charge on any atom is -0.356 e. The summed E-state index contributed by atoms with van der Waals surface area (Å²) in [5.41, 5.74) is 1.04. The number of hydrogen-bond acceptors (Lipinski definition) is 6. The van der Waals surface area contributed by atoms with Gasteiger partial charge in [0, 0.05) is 37.8 Å². The Kier molecular flexibility index (Phi) is 6.16. The van der Waals surface area contributed by atoms with Gasteiger partial charge in [0.2, 0.25) is 5.89 Å². The van der Waals surface area contributed by atoms with Gasteiger partial charge in [0.15, 0.2) is 11.8 Å². The smallest absolute Gasteiger partial charge is 0.232 e. The summed E-state index contributed by atoms with van der Waals surface area (Å²) in [5, 5.41) is 10.8. The number of hydrogen-bond donors (Lipinski definition) is 2. The van der Waals surface area contributed by atoms with E-state index in [4.69, 9.17) is 4.52 Å². The summed E-state index contributed by atoms with van der Waals surface area (Å²) in [7, 11) is 1.78. The van der Waals surface area contributed by atoms with Crippen molar-refractivity contribution in [3.05, 3.63) is 35.6 Å². The lowest BCUT2D eigenvalue weighted by atomic mass is 9.97. The Morgan fingerprint density at radius 1 is 1.29 bits per heavy atom. The molecule has 0 saturated carbocycles. The van der Waals surface area contributed by atoms with Crippen molar-refractivity contribution in [1.29, 1.82) is 0 Å². The van der Waals surface area contributed by atoms with Gasteiger partial charge in [-0.2, -0.15) is 4.98 Å². The third kappa shape index (κ3) is 5.21. The average molecular weight is 386 g/mol. The van der Waals surface area contributed by atoms with Gasteiger partial charge in [-0.05, 0) is 31.4 Å². The van der Waals surface area contributed by atoms with E-state index in [-0.39, 0.29) is 5.41 Å². The molecule has 0 bridgehead atoms. The second-order valence-electron chi connectivity index (χ2n) is 8.29. The molecule has 0 aliphatic carbocycles. The maximum atomic E-state index is 5.33. The predicted molar refractivity (Wildman–Crippen MR) is 111 cm³/mol. The number of anilines is 1. The molecule has 1 aliphatic rings. The van der Waals surface area contributed by atoms with Crippen LogP contribution in [0, 0.1) is 6.92 Å². The van der Waals surface area contributed by atoms with E-state index in [2.05, 4.69) is 75.5 Å². The van der Waals surface area contributed by atoms with Crippen LogP contribution in [0.15, 0.2) is 27.8 Å². The third-order valence-electron chi connectivity index (χ3n) is 4.80. The molecule has 3 rings (SSSR count). The van der Waals surface area contributed by atoms with Crippen LogP contribution in [0.3, 0.4) is 0 Å². The highest BCUT2D eigenvalue weighted by atomic mass is 16.5. The summed E-state index contributed by atoms with van der Waals surface area (Å²) >= 11 is 0. The van der Waals surface area contributed by atoms with E-state index >= 15 is 0 Å². The Bertz CT molecular complexity index is 784. The molecule has 0 unspecified atom stereocenters. The van der Waals surface area contributed by atoms with Crippen molar-refractivity contribution in [2.45, 2.75) is 58.5 Å². The lowest BCUT2D eigenvalue weighted by molar-refractivity contribution is 0.318. The second kappa shape index (κ2) is 8.58. The van der Waals surface area contributed by atoms with Crippen LogP contribution < -0.4 is 15.5 Å². The zero-order valence-electron chi connectivity index (χ0n) is 17.5. The minimum atomic E-state index is -0.147. The number of pyridine rings is 1. The summed E-state index contributed by atoms with van der Waals surface area (Å²) < 4.78 is 5.33. The Labute approximate surface area is 166 Å². The minimum absolute atomic E-state index is 0.147. The summed E-state index contributed by atoms with van der Waals surface area (Å²) in [4.78, 5) is 15.6. The van der Waals surface area contributed by atoms with Crippen molar-refractivity contribution in [1.82, 2.24) is 25.8 Å². The molecule has 0 amide bonds. The number of nitrogens with zero attached hydrogens (tertiary/aromatic N) is 5. The molecule has 28 heavy (non-hydrogen) atoms. The molecule has 0 aromatic carbocycles. The normalized spacial score (nSPS) is 16.3. The lowest BCUT2D eigenvalue weighted by Crippen LogP contribution is -2.48. The number of piperidine rings is 1. The highest BCUT2D eigenvalue weighted by Crippen LogP contribution is 2.20. The summed E-state index contributed by atoms with van der Waals surface area (Å²) in [6.07, 6.45) is 3.99. The SMILES string of the molecule is CN=C(NCc1noc(C(C)(C)C)n1)NC1CCN(c2ccc(C)cn2)CC1. The van der Waals surface area contributed by atoms with Gasteiger partial charge < -0.3 is 20.1 Å². The van der Waals surface area contributed by atoms with Crippen molar-refractivity contribution < 1.29 is 4.52 Å². The van der Waals surface area contributed by atoms with Crippen LogP contribution in [0.4, 0.5) is 5.82 Å². The van der Waals surface area contributed by atoms with Gasteiger partial charge in [-0.15, -0.1) is 0 Å². The molecule has 0 atom stereocenters. The predicted octanol–water partition coefficient (Wildman–Crippen LogP) is 2.40. The monoisotopic (exact) mass is 385 g/mol. The van der Waals surface area contributed by atoms with E-state index in [9.17, 15) is 0 Å². The fourth-order valence-electron chi connectivity index (χ4n) is 3.08. The highest BCUT2D eigenvalue weighted by Gasteiger charge is 2.23. The van der Waals surface area contributed by atoms with Crippen LogP contribution in [0.5, 0.6) is 0 Å². The van der Waals surface area contributed by atoms with Crippen LogP contribution in [-0.4, -0.2) is 47.3 Å². The van der Waals surface area contributed by atoms with E-state index in [1.807, 2.05) is 6.20 Å². The van der Waals surface area contributed by atoms with Gasteiger partial charge in [0.1, 0.15) is 5.82 Å². The molecule has 1 fully saturated rings. The van der Waals surface area contributed by atoms with Gasteiger partial charge >= 0.3 is 0 Å². The maximum absolute atomic E-state index is 5.33. The van der Waals surface area contributed by atoms with E-state index in [0.717, 1.165) is 37.7 Å². The van der Waals surface area contributed by atoms with Crippen LogP contribution in [-0.2, 0) is 12.0 Å². The van der Waals surface area contributed by atoms with E-state index in [1.165, 1.54) is 5.56 Å². The standard InChI is InChI=1S/C20H31N7O/c1-14-6-7-17(22-12-14)27-10-8-15(9-11-27)24-19(21-5)23-13-16-25-18(28-26-16)20(2,3)4/h6-7,12,15H,8-11,13H2,1-5H3,(H2,21,23,24). The van der Waals surface area contributed by atoms with Gasteiger partial charge in [0.25, 0.3) is 0 Å². The van der Waals surface area contributed by atoms with E-state index < -0.39 is 0 Å². The summed E-state index contributed by atoms with van der Waals surface area (Å²) in [6, 6.07) is 4.59. The second-order valence-corrected chi connectivity index (χ2v) is 8.29. The van der Waals surface area contributed by atoms with Gasteiger partial charge in [0.05, 0.1) is 6.54 Å².